The van der Waals surface area contributed by atoms with Crippen molar-refractivity contribution in [2.24, 2.45) is 0 Å². The van der Waals surface area contributed by atoms with Crippen LogP contribution in [0.4, 0.5) is 5.69 Å². The molecule has 5 N–H and O–H groups in total. The lowest BCUT2D eigenvalue weighted by atomic mass is 10.0. The molecule has 0 unspecified atom stereocenters. The number of H-pyrrole nitrogens is 2. The van der Waals surface area contributed by atoms with Gasteiger partial charge in [-0.2, -0.15) is 0 Å². The van der Waals surface area contributed by atoms with Gasteiger partial charge in [0.05, 0.1) is 5.52 Å². The first-order valence-electron chi connectivity index (χ1n) is 8.60. The topological polar surface area (TPSA) is 142 Å². The Hall–Kier alpha value is -3.42. The van der Waals surface area contributed by atoms with Gasteiger partial charge in [-0.05, 0) is 24.5 Å². The average molecular weight is 370 g/mol. The van der Waals surface area contributed by atoms with E-state index in [1.54, 1.807) is 0 Å². The summed E-state index contributed by atoms with van der Waals surface area (Å²) in [6.07, 6.45) is 3.08. The fraction of sp³-hybridized carbons (Fsp3) is 0.263. The highest BCUT2D eigenvalue weighted by Crippen LogP contribution is 2.26. The highest BCUT2D eigenvalue weighted by molar-refractivity contribution is 5.92. The number of nitrogen functional groups attached to an aromatic ring is 1. The van der Waals surface area contributed by atoms with Crippen LogP contribution < -0.4 is 17.0 Å². The monoisotopic (exact) mass is 370 g/mol. The van der Waals surface area contributed by atoms with Crippen LogP contribution in [0.25, 0.3) is 10.9 Å². The van der Waals surface area contributed by atoms with Crippen LogP contribution in [-0.2, 0) is 12.8 Å². The second-order valence-electron chi connectivity index (χ2n) is 5.88. The number of hydrogen-bond donors (Lipinski definition) is 4. The van der Waals surface area contributed by atoms with Crippen LogP contribution in [-0.4, -0.2) is 26.0 Å². The first kappa shape index (κ1) is 19.9. The fourth-order valence-corrected chi connectivity index (χ4v) is 2.75. The molecule has 0 atom stereocenters. The highest BCUT2D eigenvalue weighted by Gasteiger charge is 2.10. The van der Waals surface area contributed by atoms with Gasteiger partial charge in [-0.25, -0.2) is 9.59 Å². The SMILES string of the molecule is CCCc1nc2ccccc2c(N)c1CC.O=C(O)c1cc(=O)[nH]c(=O)[nH]1. The first-order chi connectivity index (χ1) is 12.9. The number of aromatic nitrogens is 3. The lowest BCUT2D eigenvalue weighted by molar-refractivity contribution is 0.0689. The number of para-hydroxylation sites is 1. The summed E-state index contributed by atoms with van der Waals surface area (Å²) in [5, 5.41) is 9.39. The van der Waals surface area contributed by atoms with Crippen LogP contribution in [0.15, 0.2) is 39.9 Å². The van der Waals surface area contributed by atoms with E-state index in [-0.39, 0.29) is 0 Å². The minimum atomic E-state index is -1.34. The normalized spacial score (nSPS) is 10.3. The molecule has 3 rings (SSSR count). The van der Waals surface area contributed by atoms with E-state index < -0.39 is 22.9 Å². The quantitative estimate of drug-likeness (QED) is 0.554. The van der Waals surface area contributed by atoms with E-state index in [9.17, 15) is 14.4 Å². The predicted octanol–water partition coefficient (Wildman–Crippen LogP) is 2.09. The Morgan fingerprint density at radius 2 is 1.89 bits per heavy atom. The average Bonchev–Trinajstić information content (AvgIpc) is 2.62. The molecular weight excluding hydrogens is 348 g/mol. The van der Waals surface area contributed by atoms with Gasteiger partial charge >= 0.3 is 11.7 Å². The molecule has 1 aromatic carbocycles. The number of carboxylic acid groups (broad SMARTS) is 1. The molecule has 0 radical (unpaired) electrons. The van der Waals surface area contributed by atoms with Crippen molar-refractivity contribution < 1.29 is 9.90 Å². The maximum absolute atomic E-state index is 10.5. The molecule has 2 aromatic heterocycles. The number of nitrogens with zero attached hydrogens (tertiary/aromatic N) is 1. The first-order valence-corrected chi connectivity index (χ1v) is 8.60. The number of nitrogens with one attached hydrogen (secondary N) is 2. The summed E-state index contributed by atoms with van der Waals surface area (Å²) in [6.45, 7) is 4.31. The van der Waals surface area contributed by atoms with Crippen LogP contribution in [0.1, 0.15) is 42.0 Å². The fourth-order valence-electron chi connectivity index (χ4n) is 2.75. The maximum Gasteiger partial charge on any atom is 0.352 e. The third-order valence-corrected chi connectivity index (χ3v) is 3.95. The van der Waals surface area contributed by atoms with E-state index in [0.29, 0.717) is 0 Å². The van der Waals surface area contributed by atoms with E-state index in [0.717, 1.165) is 41.9 Å². The summed E-state index contributed by atoms with van der Waals surface area (Å²) in [7, 11) is 0. The van der Waals surface area contributed by atoms with Crippen molar-refractivity contribution in [2.45, 2.75) is 33.1 Å². The molecule has 0 saturated carbocycles. The largest absolute Gasteiger partial charge is 0.477 e. The lowest BCUT2D eigenvalue weighted by Gasteiger charge is -2.12. The van der Waals surface area contributed by atoms with Gasteiger partial charge in [0, 0.05) is 22.8 Å². The minimum absolute atomic E-state index is 0.418. The molecule has 8 nitrogen and oxygen atoms in total. The second kappa shape index (κ2) is 8.79. The van der Waals surface area contributed by atoms with Gasteiger partial charge in [-0.3, -0.25) is 14.8 Å². The van der Waals surface area contributed by atoms with Crippen molar-refractivity contribution in [2.75, 3.05) is 5.73 Å². The number of carboxylic acids is 1. The number of hydrogen-bond acceptors (Lipinski definition) is 5. The zero-order chi connectivity index (χ0) is 20.0. The van der Waals surface area contributed by atoms with Crippen LogP contribution >= 0.6 is 0 Å². The van der Waals surface area contributed by atoms with Gasteiger partial charge in [0.1, 0.15) is 5.69 Å². The number of fused-ring (bicyclic) bond motifs is 1. The molecule has 0 amide bonds. The summed E-state index contributed by atoms with van der Waals surface area (Å²) in [4.78, 5) is 39.6. The second-order valence-corrected chi connectivity index (χ2v) is 5.88. The number of benzene rings is 1. The number of aromatic carboxylic acids is 1. The van der Waals surface area contributed by atoms with Gasteiger partial charge in [-0.1, -0.05) is 38.5 Å². The van der Waals surface area contributed by atoms with Crippen LogP contribution in [0.2, 0.25) is 0 Å². The molecule has 0 bridgehead atoms. The summed E-state index contributed by atoms with van der Waals surface area (Å²) >= 11 is 0. The smallest absolute Gasteiger partial charge is 0.352 e. The van der Waals surface area contributed by atoms with Crippen LogP contribution in [0.5, 0.6) is 0 Å². The summed E-state index contributed by atoms with van der Waals surface area (Å²) in [5.41, 5.74) is 8.57. The van der Waals surface area contributed by atoms with E-state index in [2.05, 4.69) is 13.8 Å². The molecule has 27 heavy (non-hydrogen) atoms. The van der Waals surface area contributed by atoms with Crippen molar-refractivity contribution >= 4 is 22.6 Å². The Morgan fingerprint density at radius 1 is 1.19 bits per heavy atom. The minimum Gasteiger partial charge on any atom is -0.477 e. The number of pyridine rings is 1. The molecule has 142 valence electrons. The van der Waals surface area contributed by atoms with Gasteiger partial charge in [0.2, 0.25) is 0 Å². The third-order valence-electron chi connectivity index (χ3n) is 3.95. The third kappa shape index (κ3) is 4.81. The van der Waals surface area contributed by atoms with Crippen molar-refractivity contribution in [3.05, 3.63) is 68.1 Å². The predicted molar refractivity (Wildman–Crippen MR) is 104 cm³/mol. The van der Waals surface area contributed by atoms with Gasteiger partial charge < -0.3 is 15.8 Å². The Balaban J connectivity index is 0.000000208. The Morgan fingerprint density at radius 3 is 2.48 bits per heavy atom. The molecule has 0 spiro atoms. The van der Waals surface area contributed by atoms with E-state index in [1.807, 2.05) is 34.2 Å². The van der Waals surface area contributed by atoms with Crippen molar-refractivity contribution in [3.63, 3.8) is 0 Å². The summed E-state index contributed by atoms with van der Waals surface area (Å²) in [6, 6.07) is 8.90. The molecule has 3 aromatic rings. The molecule has 2 heterocycles. The van der Waals surface area contributed by atoms with Crippen LogP contribution in [0, 0.1) is 0 Å². The standard InChI is InChI=1S/C14H18N2.C5H4N2O4/c1-3-7-12-10(4-2)14(15)11-8-5-6-9-13(11)16-12;8-3-1-2(4(9)10)6-5(11)7-3/h5-6,8-9H,3-4,7H2,1-2H3,(H2,15,16);1H,(H,9,10)(H2,6,7,8,11). The number of carbonyl (C=O) groups is 1. The molecule has 0 aliphatic rings. The van der Waals surface area contributed by atoms with E-state index in [4.69, 9.17) is 15.8 Å². The molecule has 0 aliphatic carbocycles. The Labute approximate surface area is 155 Å². The molecule has 0 saturated heterocycles. The number of aryl methyl sites for hydroxylation is 1. The molecule has 8 heteroatoms. The molecule has 0 aliphatic heterocycles. The van der Waals surface area contributed by atoms with Gasteiger partial charge in [-0.15, -0.1) is 0 Å². The zero-order valence-corrected chi connectivity index (χ0v) is 15.2. The molecular formula is C19H22N4O4. The summed E-state index contributed by atoms with van der Waals surface area (Å²) < 4.78 is 0. The zero-order valence-electron chi connectivity index (χ0n) is 15.2. The van der Waals surface area contributed by atoms with Crippen molar-refractivity contribution in [3.8, 4) is 0 Å². The van der Waals surface area contributed by atoms with Gasteiger partial charge in [0.15, 0.2) is 0 Å². The van der Waals surface area contributed by atoms with Crippen molar-refractivity contribution in [1.82, 2.24) is 15.0 Å². The lowest BCUT2D eigenvalue weighted by Crippen LogP contribution is -2.24. The number of rotatable bonds is 4. The Bertz CT molecular complexity index is 1040. The Kier molecular flexibility index (Phi) is 6.48. The van der Waals surface area contributed by atoms with Crippen molar-refractivity contribution in [1.29, 1.82) is 0 Å². The van der Waals surface area contributed by atoms with Gasteiger partial charge in [0.25, 0.3) is 5.56 Å². The summed E-state index contributed by atoms with van der Waals surface area (Å²) in [5.74, 6) is -1.34. The number of anilines is 1. The number of aromatic amines is 2. The maximum atomic E-state index is 10.5. The van der Waals surface area contributed by atoms with E-state index in [1.165, 1.54) is 11.3 Å². The molecule has 0 fully saturated rings. The number of nitrogens with two attached hydrogens (primary N) is 1. The highest BCUT2D eigenvalue weighted by atomic mass is 16.4. The van der Waals surface area contributed by atoms with Crippen LogP contribution in [0.3, 0.4) is 0 Å². The van der Waals surface area contributed by atoms with E-state index >= 15 is 0 Å².